The second kappa shape index (κ2) is 19.0. The Morgan fingerprint density at radius 2 is 1.57 bits per heavy atom. The molecule has 0 aliphatic carbocycles. The highest BCUT2D eigenvalue weighted by Crippen LogP contribution is 2.40. The molecule has 8 atom stereocenters. The SMILES string of the molecule is COC[C@H]1C[C@@H](c2ncc(-c3ccc(-c4ccc(-c5[nH]c([C@@H]6CC[C@H](C)N6C(=O)[C@](N)(NC(=O)OC)[C@@H](C)OC)nc5Cl)cc4)cc3)[nH]2)N(C(=O)[C@@H](NC(=O)O)[C@@H](C)OC)C1. The zero-order valence-electron chi connectivity index (χ0n) is 35.2. The highest BCUT2D eigenvalue weighted by atomic mass is 35.5. The summed E-state index contributed by atoms with van der Waals surface area (Å²) in [5.41, 5.74) is 9.59. The summed E-state index contributed by atoms with van der Waals surface area (Å²) in [6.45, 7) is 5.97. The molecule has 2 fully saturated rings. The van der Waals surface area contributed by atoms with Crippen molar-refractivity contribution in [2.24, 2.45) is 11.7 Å². The minimum atomic E-state index is -1.90. The second-order valence-electron chi connectivity index (χ2n) is 15.6. The maximum atomic E-state index is 14.1. The number of hydrogen-bond acceptors (Lipinski definition) is 11. The summed E-state index contributed by atoms with van der Waals surface area (Å²) in [7, 11) is 5.64. The van der Waals surface area contributed by atoms with Crippen LogP contribution >= 0.6 is 11.6 Å². The lowest BCUT2D eigenvalue weighted by Crippen LogP contribution is -2.71. The van der Waals surface area contributed by atoms with E-state index in [4.69, 9.17) is 36.3 Å². The van der Waals surface area contributed by atoms with Crippen molar-refractivity contribution in [3.8, 4) is 33.6 Å². The first-order valence-corrected chi connectivity index (χ1v) is 20.3. The lowest BCUT2D eigenvalue weighted by atomic mass is 10.0. The predicted octanol–water partition coefficient (Wildman–Crippen LogP) is 5.09. The van der Waals surface area contributed by atoms with Crippen molar-refractivity contribution in [1.29, 1.82) is 0 Å². The molecule has 4 heterocycles. The van der Waals surface area contributed by atoms with Crippen LogP contribution in [0.1, 0.15) is 63.8 Å². The molecule has 18 nitrogen and oxygen atoms in total. The average Bonchev–Trinajstić information content (AvgIpc) is 4.08. The number of nitrogens with one attached hydrogen (secondary N) is 4. The van der Waals surface area contributed by atoms with E-state index in [-0.39, 0.29) is 17.1 Å². The van der Waals surface area contributed by atoms with Crippen molar-refractivity contribution in [3.63, 3.8) is 0 Å². The number of carbonyl (C=O) groups excluding carboxylic acids is 3. The Balaban J connectivity index is 1.17. The molecular weight excluding hydrogens is 810 g/mol. The van der Waals surface area contributed by atoms with Crippen LogP contribution in [0.2, 0.25) is 5.15 Å². The standard InChI is InChI=1S/C42H54ClN9O9/c1-22-8-17-31(52(22)39(54)42(44,24(3)60-6)50-41(57)61-7)37-47-34(35(43)49-37)29-15-11-27(12-16-29)26-9-13-28(14-10-26)30-19-45-36(46-30)32-18-25(21-58-4)20-51(32)38(53)33(23(2)59-5)48-40(55)56/h9-16,19,22-25,31-33,48H,8,17-18,20-21,44H2,1-7H3,(H,45,46)(H,47,49)(H,50,57)(H,55,56)/t22-,23+,24+,25-,31-,32-,33-,42+/m0/s1. The quantitative estimate of drug-likeness (QED) is 0.0857. The number of nitrogens with zero attached hydrogens (tertiary/aromatic N) is 4. The lowest BCUT2D eigenvalue weighted by molar-refractivity contribution is -0.147. The van der Waals surface area contributed by atoms with Crippen molar-refractivity contribution < 1.29 is 43.2 Å². The third kappa shape index (κ3) is 9.38. The minimum Gasteiger partial charge on any atom is -0.465 e. The topological polar surface area (TPSA) is 239 Å². The van der Waals surface area contributed by atoms with Gasteiger partial charge in [-0.2, -0.15) is 0 Å². The fraction of sp³-hybridized carbons (Fsp3) is 0.476. The van der Waals surface area contributed by atoms with Crippen molar-refractivity contribution in [1.82, 2.24) is 40.4 Å². The van der Waals surface area contributed by atoms with E-state index in [1.165, 1.54) is 21.3 Å². The Kier molecular flexibility index (Phi) is 14.0. The molecule has 0 radical (unpaired) electrons. The molecule has 0 spiro atoms. The fourth-order valence-electron chi connectivity index (χ4n) is 8.20. The number of carbonyl (C=O) groups is 4. The van der Waals surface area contributed by atoms with E-state index < -0.39 is 60.0 Å². The molecule has 2 aliphatic heterocycles. The molecule has 2 saturated heterocycles. The van der Waals surface area contributed by atoms with Gasteiger partial charge in [0, 0.05) is 45.4 Å². The highest BCUT2D eigenvalue weighted by Gasteiger charge is 2.50. The zero-order chi connectivity index (χ0) is 44.2. The maximum absolute atomic E-state index is 14.1. The number of ether oxygens (including phenoxy) is 4. The molecule has 2 aromatic heterocycles. The number of methoxy groups -OCH3 is 4. The van der Waals surface area contributed by atoms with Crippen LogP contribution < -0.4 is 16.4 Å². The number of nitrogens with two attached hydrogens (primary N) is 1. The number of amides is 4. The predicted molar refractivity (Wildman–Crippen MR) is 225 cm³/mol. The van der Waals surface area contributed by atoms with Crippen molar-refractivity contribution >= 4 is 35.6 Å². The molecule has 0 unspecified atom stereocenters. The Morgan fingerprint density at radius 1 is 0.934 bits per heavy atom. The normalized spacial score (nSPS) is 21.4. The van der Waals surface area contributed by atoms with Gasteiger partial charge in [0.05, 0.1) is 49.5 Å². The molecule has 0 saturated carbocycles. The number of carboxylic acid groups (broad SMARTS) is 1. The molecule has 0 bridgehead atoms. The minimum absolute atomic E-state index is 0.0331. The average molecular weight is 864 g/mol. The van der Waals surface area contributed by atoms with Gasteiger partial charge >= 0.3 is 12.2 Å². The molecule has 4 aromatic rings. The molecule has 61 heavy (non-hydrogen) atoms. The van der Waals surface area contributed by atoms with Gasteiger partial charge in [0.25, 0.3) is 5.91 Å². The summed E-state index contributed by atoms with van der Waals surface area (Å²) < 4.78 is 20.9. The summed E-state index contributed by atoms with van der Waals surface area (Å²) in [4.78, 5) is 71.0. The Morgan fingerprint density at radius 3 is 2.16 bits per heavy atom. The number of halogens is 1. The molecule has 4 amide bonds. The van der Waals surface area contributed by atoms with Gasteiger partial charge in [-0.3, -0.25) is 20.6 Å². The van der Waals surface area contributed by atoms with Crippen LogP contribution in [-0.4, -0.2) is 130 Å². The molecular formula is C42H54ClN9O9. The Labute approximate surface area is 358 Å². The number of aromatic nitrogens is 4. The van der Waals surface area contributed by atoms with Crippen LogP contribution in [-0.2, 0) is 28.5 Å². The van der Waals surface area contributed by atoms with Gasteiger partial charge in [-0.25, -0.2) is 19.6 Å². The first kappa shape index (κ1) is 45.0. The largest absolute Gasteiger partial charge is 0.465 e. The van der Waals surface area contributed by atoms with Gasteiger partial charge in [-0.05, 0) is 56.7 Å². The van der Waals surface area contributed by atoms with Crippen LogP contribution in [0.5, 0.6) is 0 Å². The number of rotatable bonds is 15. The number of imidazole rings is 2. The molecule has 19 heteroatoms. The van der Waals surface area contributed by atoms with E-state index in [2.05, 4.69) is 30.6 Å². The van der Waals surface area contributed by atoms with Crippen LogP contribution in [0.25, 0.3) is 33.6 Å². The highest BCUT2D eigenvalue weighted by molar-refractivity contribution is 6.31. The molecule has 328 valence electrons. The smallest absolute Gasteiger partial charge is 0.408 e. The van der Waals surface area contributed by atoms with E-state index in [1.807, 2.05) is 55.5 Å². The second-order valence-corrected chi connectivity index (χ2v) is 15.9. The molecule has 2 aromatic carbocycles. The number of alkyl carbamates (subject to hydrolysis) is 1. The van der Waals surface area contributed by atoms with Gasteiger partial charge in [0.1, 0.15) is 23.8 Å². The van der Waals surface area contributed by atoms with Crippen LogP contribution in [0, 0.1) is 5.92 Å². The van der Waals surface area contributed by atoms with Crippen LogP contribution in [0.15, 0.2) is 54.7 Å². The van der Waals surface area contributed by atoms with Gasteiger partial charge in [0.15, 0.2) is 10.8 Å². The molecule has 6 rings (SSSR count). The van der Waals surface area contributed by atoms with E-state index >= 15 is 0 Å². The van der Waals surface area contributed by atoms with Crippen molar-refractivity contribution in [2.45, 2.75) is 82.1 Å². The summed E-state index contributed by atoms with van der Waals surface area (Å²) in [6, 6.07) is 13.6. The number of likely N-dealkylation sites (tertiary alicyclic amines) is 2. The van der Waals surface area contributed by atoms with E-state index in [9.17, 15) is 24.3 Å². The van der Waals surface area contributed by atoms with Crippen molar-refractivity contribution in [3.05, 3.63) is 71.5 Å². The van der Waals surface area contributed by atoms with E-state index in [0.717, 1.165) is 27.9 Å². The number of benzene rings is 2. The van der Waals surface area contributed by atoms with Crippen LogP contribution in [0.3, 0.4) is 0 Å². The third-order valence-electron chi connectivity index (χ3n) is 11.8. The lowest BCUT2D eigenvalue weighted by Gasteiger charge is -2.39. The number of aromatic amines is 2. The molecule has 2 aliphatic rings. The van der Waals surface area contributed by atoms with Crippen molar-refractivity contribution in [2.75, 3.05) is 41.6 Å². The summed E-state index contributed by atoms with van der Waals surface area (Å²) in [5, 5.41) is 14.5. The van der Waals surface area contributed by atoms with E-state index in [0.29, 0.717) is 49.8 Å². The molecule has 7 N–H and O–H groups in total. The first-order valence-electron chi connectivity index (χ1n) is 20.0. The monoisotopic (exact) mass is 863 g/mol. The van der Waals surface area contributed by atoms with E-state index in [1.54, 1.807) is 37.0 Å². The summed E-state index contributed by atoms with van der Waals surface area (Å²) in [5.74, 6) is 0.180. The fourth-order valence-corrected chi connectivity index (χ4v) is 8.44. The summed E-state index contributed by atoms with van der Waals surface area (Å²) in [6.07, 6.45) is -0.165. The number of hydrogen-bond donors (Lipinski definition) is 6. The van der Waals surface area contributed by atoms with Gasteiger partial charge in [-0.15, -0.1) is 0 Å². The number of H-pyrrole nitrogens is 2. The zero-order valence-corrected chi connectivity index (χ0v) is 36.0. The summed E-state index contributed by atoms with van der Waals surface area (Å²) >= 11 is 6.72. The van der Waals surface area contributed by atoms with Crippen LogP contribution in [0.4, 0.5) is 9.59 Å². The Bertz CT molecular complexity index is 2180. The van der Waals surface area contributed by atoms with Gasteiger partial charge < -0.3 is 49.1 Å². The van der Waals surface area contributed by atoms with Gasteiger partial charge in [0.2, 0.25) is 5.91 Å². The maximum Gasteiger partial charge on any atom is 0.408 e. The Hall–Kier alpha value is -5.53. The van der Waals surface area contributed by atoms with Gasteiger partial charge in [-0.1, -0.05) is 60.1 Å². The first-order chi connectivity index (χ1) is 29.1. The third-order valence-corrected chi connectivity index (χ3v) is 12.1.